The molecule has 1 heterocycles. The van der Waals surface area contributed by atoms with E-state index in [1.807, 2.05) is 24.3 Å². The number of rotatable bonds is 2. The number of hydrogen-bond donors (Lipinski definition) is 1. The maximum atomic E-state index is 13.3. The molecule has 1 N–H and O–H groups in total. The summed E-state index contributed by atoms with van der Waals surface area (Å²) in [5, 5.41) is 1.18. The molecule has 0 amide bonds. The zero-order chi connectivity index (χ0) is 17.4. The first-order valence-corrected chi connectivity index (χ1v) is 8.25. The highest BCUT2D eigenvalue weighted by Crippen LogP contribution is 2.35. The molecule has 0 bridgehead atoms. The van der Waals surface area contributed by atoms with E-state index in [4.69, 9.17) is 0 Å². The second-order valence-electron chi connectivity index (χ2n) is 6.33. The van der Waals surface area contributed by atoms with Gasteiger partial charge in [-0.1, -0.05) is 43.0 Å². The summed E-state index contributed by atoms with van der Waals surface area (Å²) < 4.78 is 13.3. The van der Waals surface area contributed by atoms with Crippen LogP contribution in [-0.2, 0) is 0 Å². The van der Waals surface area contributed by atoms with Crippen molar-refractivity contribution in [3.8, 4) is 0 Å². The minimum absolute atomic E-state index is 0.232. The Hall–Kier alpha value is -3.13. The predicted molar refractivity (Wildman–Crippen MR) is 104 cm³/mol. The maximum absolute atomic E-state index is 13.3. The molecule has 0 saturated carbocycles. The van der Waals surface area contributed by atoms with Gasteiger partial charge >= 0.3 is 0 Å². The van der Waals surface area contributed by atoms with E-state index >= 15 is 0 Å². The zero-order valence-electron chi connectivity index (χ0n) is 14.0. The minimum atomic E-state index is -0.232. The van der Waals surface area contributed by atoms with Crippen LogP contribution < -0.4 is 0 Å². The molecule has 0 atom stereocenters. The predicted octanol–water partition coefficient (Wildman–Crippen LogP) is 6.21. The van der Waals surface area contributed by atoms with Gasteiger partial charge in [0.05, 0.1) is 0 Å². The van der Waals surface area contributed by atoms with E-state index in [2.05, 4.69) is 54.9 Å². The summed E-state index contributed by atoms with van der Waals surface area (Å²) in [6.07, 6.45) is 8.13. The van der Waals surface area contributed by atoms with E-state index in [9.17, 15) is 4.39 Å². The van der Waals surface area contributed by atoms with E-state index in [0.717, 1.165) is 39.1 Å². The van der Waals surface area contributed by atoms with Crippen LogP contribution in [0.5, 0.6) is 0 Å². The number of halogens is 1. The summed E-state index contributed by atoms with van der Waals surface area (Å²) in [4.78, 5) is 3.35. The van der Waals surface area contributed by atoms with Gasteiger partial charge in [-0.25, -0.2) is 4.39 Å². The number of benzene rings is 2. The number of allylic oxidation sites excluding steroid dienone is 7. The molecule has 2 heteroatoms. The van der Waals surface area contributed by atoms with Crippen LogP contribution in [0.4, 0.5) is 4.39 Å². The molecule has 0 fully saturated rings. The van der Waals surface area contributed by atoms with Crippen molar-refractivity contribution in [1.82, 2.24) is 4.98 Å². The van der Waals surface area contributed by atoms with Gasteiger partial charge in [0.25, 0.3) is 0 Å². The number of aromatic nitrogens is 1. The third kappa shape index (κ3) is 2.99. The minimum Gasteiger partial charge on any atom is -0.359 e. The van der Waals surface area contributed by atoms with Crippen LogP contribution in [0.2, 0.25) is 0 Å². The quantitative estimate of drug-likeness (QED) is 0.576. The molecule has 1 aliphatic rings. The standard InChI is InChI=1S/C23H18FN/c1-15-4-3-5-21(22(12-15)17-6-9-20(24)10-7-17)18-8-11-23-19(14-18)13-16(2)25-23/h3-14,25H,1H2,2H3. The molecule has 2 aromatic carbocycles. The lowest BCUT2D eigenvalue weighted by Gasteiger charge is -2.13. The number of hydrogen-bond acceptors (Lipinski definition) is 0. The van der Waals surface area contributed by atoms with Gasteiger partial charge < -0.3 is 4.98 Å². The summed E-state index contributed by atoms with van der Waals surface area (Å²) in [5.41, 5.74) is 7.43. The Balaban J connectivity index is 1.87. The van der Waals surface area contributed by atoms with Crippen molar-refractivity contribution in [2.45, 2.75) is 6.92 Å². The molecule has 3 aromatic rings. The van der Waals surface area contributed by atoms with Crippen molar-refractivity contribution < 1.29 is 4.39 Å². The topological polar surface area (TPSA) is 15.8 Å². The maximum Gasteiger partial charge on any atom is 0.123 e. The van der Waals surface area contributed by atoms with Crippen LogP contribution in [0, 0.1) is 12.7 Å². The van der Waals surface area contributed by atoms with Gasteiger partial charge in [-0.15, -0.1) is 0 Å². The van der Waals surface area contributed by atoms with Crippen molar-refractivity contribution in [3.05, 3.63) is 108 Å². The van der Waals surface area contributed by atoms with Crippen LogP contribution >= 0.6 is 0 Å². The van der Waals surface area contributed by atoms with Gasteiger partial charge in [0.2, 0.25) is 0 Å². The highest BCUT2D eigenvalue weighted by Gasteiger charge is 2.13. The Kier molecular flexibility index (Phi) is 3.73. The van der Waals surface area contributed by atoms with Crippen molar-refractivity contribution in [2.75, 3.05) is 0 Å². The number of aryl methyl sites for hydroxylation is 1. The summed E-state index contributed by atoms with van der Waals surface area (Å²) in [7, 11) is 0. The average molecular weight is 327 g/mol. The van der Waals surface area contributed by atoms with Crippen molar-refractivity contribution >= 4 is 22.0 Å². The first-order valence-electron chi connectivity index (χ1n) is 8.25. The molecule has 0 aliphatic heterocycles. The van der Waals surface area contributed by atoms with Gasteiger partial charge in [-0.2, -0.15) is 0 Å². The Morgan fingerprint density at radius 1 is 0.920 bits per heavy atom. The smallest absolute Gasteiger partial charge is 0.123 e. The van der Waals surface area contributed by atoms with E-state index < -0.39 is 0 Å². The van der Waals surface area contributed by atoms with Gasteiger partial charge in [0.1, 0.15) is 5.82 Å². The molecule has 4 rings (SSSR count). The monoisotopic (exact) mass is 327 g/mol. The summed E-state index contributed by atoms with van der Waals surface area (Å²) in [6.45, 7) is 6.13. The van der Waals surface area contributed by atoms with Gasteiger partial charge in [-0.05, 0) is 71.2 Å². The molecule has 122 valence electrons. The number of fused-ring (bicyclic) bond motifs is 1. The van der Waals surface area contributed by atoms with E-state index in [-0.39, 0.29) is 5.82 Å². The Labute approximate surface area is 146 Å². The number of H-pyrrole nitrogens is 1. The van der Waals surface area contributed by atoms with Crippen molar-refractivity contribution in [3.63, 3.8) is 0 Å². The Morgan fingerprint density at radius 3 is 2.48 bits per heavy atom. The highest BCUT2D eigenvalue weighted by molar-refractivity contribution is 6.07. The average Bonchev–Trinajstić information content (AvgIpc) is 2.85. The SMILES string of the molecule is C=C1C=CC=C(c2ccc3[nH]c(C)cc3c2)C(c2ccc(F)cc2)=C1. The normalized spacial score (nSPS) is 14.4. The molecule has 0 saturated heterocycles. The first kappa shape index (κ1) is 15.4. The van der Waals surface area contributed by atoms with E-state index in [1.165, 1.54) is 17.5 Å². The molecule has 0 spiro atoms. The van der Waals surface area contributed by atoms with Crippen LogP contribution in [-0.4, -0.2) is 4.98 Å². The fourth-order valence-electron chi connectivity index (χ4n) is 3.23. The third-order valence-electron chi connectivity index (χ3n) is 4.41. The van der Waals surface area contributed by atoms with Gasteiger partial charge in [0, 0.05) is 16.6 Å². The molecule has 0 radical (unpaired) electrons. The second-order valence-corrected chi connectivity index (χ2v) is 6.33. The van der Waals surface area contributed by atoms with Gasteiger partial charge in [-0.3, -0.25) is 0 Å². The van der Waals surface area contributed by atoms with E-state index in [0.29, 0.717) is 0 Å². The first-order chi connectivity index (χ1) is 12.1. The largest absolute Gasteiger partial charge is 0.359 e. The highest BCUT2D eigenvalue weighted by atomic mass is 19.1. The summed E-state index contributed by atoms with van der Waals surface area (Å²) in [6, 6.07) is 15.2. The lowest BCUT2D eigenvalue weighted by Crippen LogP contribution is -1.91. The Morgan fingerprint density at radius 2 is 1.68 bits per heavy atom. The number of aromatic amines is 1. The molecule has 0 unspecified atom stereocenters. The lowest BCUT2D eigenvalue weighted by atomic mass is 9.91. The molecule has 1 aliphatic carbocycles. The van der Waals surface area contributed by atoms with Gasteiger partial charge in [0.15, 0.2) is 0 Å². The van der Waals surface area contributed by atoms with Crippen LogP contribution in [0.1, 0.15) is 16.8 Å². The van der Waals surface area contributed by atoms with Crippen molar-refractivity contribution in [2.24, 2.45) is 0 Å². The number of nitrogens with one attached hydrogen (secondary N) is 1. The molecular weight excluding hydrogens is 309 g/mol. The molecule has 1 aromatic heterocycles. The van der Waals surface area contributed by atoms with E-state index in [1.54, 1.807) is 0 Å². The van der Waals surface area contributed by atoms with Crippen molar-refractivity contribution in [1.29, 1.82) is 0 Å². The molecular formula is C23H18FN. The fraction of sp³-hybridized carbons (Fsp3) is 0.0435. The molecule has 25 heavy (non-hydrogen) atoms. The summed E-state index contributed by atoms with van der Waals surface area (Å²) >= 11 is 0. The van der Waals surface area contributed by atoms with Crippen LogP contribution in [0.3, 0.4) is 0 Å². The third-order valence-corrected chi connectivity index (χ3v) is 4.41. The van der Waals surface area contributed by atoms with Crippen LogP contribution in [0.25, 0.3) is 22.0 Å². The molecule has 1 nitrogen and oxygen atoms in total. The Bertz CT molecular complexity index is 1060. The second kappa shape index (κ2) is 6.06. The lowest BCUT2D eigenvalue weighted by molar-refractivity contribution is 0.627. The zero-order valence-corrected chi connectivity index (χ0v) is 14.0. The fourth-order valence-corrected chi connectivity index (χ4v) is 3.23. The summed E-state index contributed by atoms with van der Waals surface area (Å²) in [5.74, 6) is -0.232. The van der Waals surface area contributed by atoms with Crippen LogP contribution in [0.15, 0.2) is 85.0 Å².